The number of phenols is 1. The third-order valence-electron chi connectivity index (χ3n) is 2.82. The van der Waals surface area contributed by atoms with Crippen molar-refractivity contribution in [3.05, 3.63) is 23.8 Å². The van der Waals surface area contributed by atoms with E-state index in [0.717, 1.165) is 17.8 Å². The molecule has 1 aromatic rings. The van der Waals surface area contributed by atoms with Crippen LogP contribution in [0.2, 0.25) is 0 Å². The molecule has 0 amide bonds. The predicted octanol–water partition coefficient (Wildman–Crippen LogP) is 2.27. The van der Waals surface area contributed by atoms with E-state index >= 15 is 0 Å². The Morgan fingerprint density at radius 3 is 2.50 bits per heavy atom. The third kappa shape index (κ3) is 4.20. The molecule has 0 aliphatic heterocycles. The van der Waals surface area contributed by atoms with Gasteiger partial charge < -0.3 is 20.5 Å². The number of nitrogens with two attached hydrogens (primary N) is 1. The summed E-state index contributed by atoms with van der Waals surface area (Å²) in [4.78, 5) is 2.05. The highest BCUT2D eigenvalue weighted by atomic mass is 16.5. The highest BCUT2D eigenvalue weighted by Crippen LogP contribution is 2.27. The van der Waals surface area contributed by atoms with Crippen LogP contribution in [0.3, 0.4) is 0 Å². The van der Waals surface area contributed by atoms with Gasteiger partial charge in [0.2, 0.25) is 0 Å². The van der Waals surface area contributed by atoms with Gasteiger partial charge in [-0.3, -0.25) is 0 Å². The fourth-order valence-corrected chi connectivity index (χ4v) is 1.71. The molecule has 3 N–H and O–H groups in total. The second-order valence-corrected chi connectivity index (χ2v) is 4.87. The Morgan fingerprint density at radius 2 is 2.00 bits per heavy atom. The number of likely N-dealkylation sites (N-methyl/N-ethyl adjacent to an activating group) is 1. The zero-order valence-electron chi connectivity index (χ0n) is 11.7. The van der Waals surface area contributed by atoms with Gasteiger partial charge in [0.05, 0.1) is 12.7 Å². The summed E-state index contributed by atoms with van der Waals surface area (Å²) in [6.45, 7) is 7.35. The van der Waals surface area contributed by atoms with Crippen LogP contribution in [0, 0.1) is 0 Å². The van der Waals surface area contributed by atoms with Crippen molar-refractivity contribution >= 4 is 5.69 Å². The zero-order valence-corrected chi connectivity index (χ0v) is 11.7. The van der Waals surface area contributed by atoms with E-state index in [1.54, 1.807) is 6.07 Å². The first-order valence-corrected chi connectivity index (χ1v) is 6.33. The molecule has 0 spiro atoms. The monoisotopic (exact) mass is 252 g/mol. The minimum Gasteiger partial charge on any atom is -0.508 e. The minimum absolute atomic E-state index is 0.159. The number of benzene rings is 1. The lowest BCUT2D eigenvalue weighted by molar-refractivity contribution is 0.0846. The van der Waals surface area contributed by atoms with Crippen LogP contribution in [0.25, 0.3) is 0 Å². The summed E-state index contributed by atoms with van der Waals surface area (Å²) in [6.07, 6.45) is 0.243. The lowest BCUT2D eigenvalue weighted by atomic mass is 10.1. The first kappa shape index (κ1) is 14.8. The van der Waals surface area contributed by atoms with Crippen LogP contribution in [-0.2, 0) is 4.74 Å². The summed E-state index contributed by atoms with van der Waals surface area (Å²) in [5.74, 6) is 0.249. The van der Waals surface area contributed by atoms with Crippen LogP contribution in [-0.4, -0.2) is 31.4 Å². The second kappa shape index (κ2) is 6.61. The number of anilines is 1. The van der Waals surface area contributed by atoms with Gasteiger partial charge >= 0.3 is 0 Å². The van der Waals surface area contributed by atoms with Crippen LogP contribution in [0.4, 0.5) is 5.69 Å². The largest absolute Gasteiger partial charge is 0.508 e. The Bertz CT molecular complexity index is 378. The van der Waals surface area contributed by atoms with Crippen molar-refractivity contribution in [1.82, 2.24) is 0 Å². The van der Waals surface area contributed by atoms with E-state index in [9.17, 15) is 5.11 Å². The fourth-order valence-electron chi connectivity index (χ4n) is 1.71. The molecule has 4 heteroatoms. The van der Waals surface area contributed by atoms with Gasteiger partial charge in [0, 0.05) is 37.0 Å². The molecule has 0 aliphatic rings. The summed E-state index contributed by atoms with van der Waals surface area (Å²) >= 11 is 0. The average Bonchev–Trinajstić information content (AvgIpc) is 2.27. The van der Waals surface area contributed by atoms with Crippen LogP contribution in [0.5, 0.6) is 5.75 Å². The Labute approximate surface area is 109 Å². The lowest BCUT2D eigenvalue weighted by Crippen LogP contribution is -2.23. The maximum Gasteiger partial charge on any atom is 0.122 e. The van der Waals surface area contributed by atoms with Crippen LogP contribution in [0.1, 0.15) is 32.4 Å². The number of hydrogen-bond donors (Lipinski definition) is 2. The van der Waals surface area contributed by atoms with Gasteiger partial charge in [-0.1, -0.05) is 6.07 Å². The molecule has 0 bridgehead atoms. The van der Waals surface area contributed by atoms with Gasteiger partial charge in [0.1, 0.15) is 5.75 Å². The van der Waals surface area contributed by atoms with Crippen molar-refractivity contribution in [2.24, 2.45) is 5.73 Å². The number of rotatable bonds is 6. The molecular weight excluding hydrogens is 228 g/mol. The van der Waals surface area contributed by atoms with Crippen molar-refractivity contribution in [2.75, 3.05) is 25.1 Å². The molecule has 102 valence electrons. The van der Waals surface area contributed by atoms with Gasteiger partial charge in [-0.2, -0.15) is 0 Å². The van der Waals surface area contributed by atoms with Gasteiger partial charge in [-0.15, -0.1) is 0 Å². The number of hydrogen-bond acceptors (Lipinski definition) is 4. The van der Waals surface area contributed by atoms with Crippen LogP contribution >= 0.6 is 0 Å². The Hall–Kier alpha value is -1.26. The second-order valence-electron chi connectivity index (χ2n) is 4.87. The smallest absolute Gasteiger partial charge is 0.122 e. The SMILES string of the molecule is CC(C)OCCN(C)c1ccc(C(C)N)c(O)c1. The Kier molecular flexibility index (Phi) is 5.44. The molecular formula is C14H24N2O2. The summed E-state index contributed by atoms with van der Waals surface area (Å²) in [5.41, 5.74) is 7.49. The van der Waals surface area contributed by atoms with Gasteiger partial charge in [-0.25, -0.2) is 0 Å². The normalized spacial score (nSPS) is 12.8. The van der Waals surface area contributed by atoms with Crippen molar-refractivity contribution in [2.45, 2.75) is 32.9 Å². The Balaban J connectivity index is 2.63. The Morgan fingerprint density at radius 1 is 1.33 bits per heavy atom. The van der Waals surface area contributed by atoms with Gasteiger partial charge in [-0.05, 0) is 26.8 Å². The molecule has 18 heavy (non-hydrogen) atoms. The van der Waals surface area contributed by atoms with Crippen molar-refractivity contribution in [3.8, 4) is 5.75 Å². The topological polar surface area (TPSA) is 58.7 Å². The first-order chi connectivity index (χ1) is 8.41. The van der Waals surface area contributed by atoms with E-state index in [-0.39, 0.29) is 17.9 Å². The molecule has 1 rings (SSSR count). The molecule has 0 aromatic heterocycles. The third-order valence-corrected chi connectivity index (χ3v) is 2.82. The molecule has 0 saturated heterocycles. The molecule has 0 heterocycles. The quantitative estimate of drug-likeness (QED) is 0.815. The molecule has 0 fully saturated rings. The molecule has 1 aromatic carbocycles. The number of phenolic OH excluding ortho intramolecular Hbond substituents is 1. The summed E-state index contributed by atoms with van der Waals surface area (Å²) in [6, 6.07) is 5.42. The van der Waals surface area contributed by atoms with E-state index in [1.165, 1.54) is 0 Å². The van der Waals surface area contributed by atoms with Crippen molar-refractivity contribution in [1.29, 1.82) is 0 Å². The van der Waals surface area contributed by atoms with E-state index in [4.69, 9.17) is 10.5 Å². The fraction of sp³-hybridized carbons (Fsp3) is 0.571. The van der Waals surface area contributed by atoms with E-state index in [1.807, 2.05) is 44.9 Å². The standard InChI is InChI=1S/C14H24N2O2/c1-10(2)18-8-7-16(4)12-5-6-13(11(3)15)14(17)9-12/h5-6,9-11,17H,7-8,15H2,1-4H3. The van der Waals surface area contributed by atoms with Gasteiger partial charge in [0.15, 0.2) is 0 Å². The highest BCUT2D eigenvalue weighted by Gasteiger charge is 2.09. The summed E-state index contributed by atoms with van der Waals surface area (Å²) in [7, 11) is 1.98. The lowest BCUT2D eigenvalue weighted by Gasteiger charge is -2.21. The molecule has 1 unspecified atom stereocenters. The van der Waals surface area contributed by atoms with Crippen LogP contribution < -0.4 is 10.6 Å². The molecule has 0 saturated carbocycles. The minimum atomic E-state index is -0.159. The van der Waals surface area contributed by atoms with E-state index in [0.29, 0.717) is 6.61 Å². The first-order valence-electron chi connectivity index (χ1n) is 6.33. The van der Waals surface area contributed by atoms with E-state index in [2.05, 4.69) is 0 Å². The summed E-state index contributed by atoms with van der Waals surface area (Å²) < 4.78 is 5.50. The van der Waals surface area contributed by atoms with Crippen molar-refractivity contribution in [3.63, 3.8) is 0 Å². The summed E-state index contributed by atoms with van der Waals surface area (Å²) in [5, 5.41) is 9.89. The average molecular weight is 252 g/mol. The maximum atomic E-state index is 9.89. The van der Waals surface area contributed by atoms with Crippen molar-refractivity contribution < 1.29 is 9.84 Å². The number of ether oxygens (including phenoxy) is 1. The van der Waals surface area contributed by atoms with E-state index < -0.39 is 0 Å². The number of aromatic hydroxyl groups is 1. The van der Waals surface area contributed by atoms with Crippen LogP contribution in [0.15, 0.2) is 18.2 Å². The molecule has 4 nitrogen and oxygen atoms in total. The highest BCUT2D eigenvalue weighted by molar-refractivity contribution is 5.53. The zero-order chi connectivity index (χ0) is 13.7. The van der Waals surface area contributed by atoms with Gasteiger partial charge in [0.25, 0.3) is 0 Å². The molecule has 0 aliphatic carbocycles. The molecule has 0 radical (unpaired) electrons. The maximum absolute atomic E-state index is 9.89. The predicted molar refractivity (Wildman–Crippen MR) is 75.1 cm³/mol. The number of nitrogens with zero attached hydrogens (tertiary/aromatic N) is 1. The molecule has 1 atom stereocenters.